The standard InChI is InChI=1S/C9H7N3O2S/c1-12-6(3-13)5(2-10)8-9(12)11-7(4-14)15-8/h2-4,10H,1H3. The van der Waals surface area contributed by atoms with Crippen LogP contribution in [0, 0.1) is 5.41 Å². The molecule has 2 heterocycles. The third-order valence-electron chi connectivity index (χ3n) is 2.18. The average molecular weight is 221 g/mol. The predicted octanol–water partition coefficient (Wildman–Crippen LogP) is 1.26. The minimum absolute atomic E-state index is 0.358. The van der Waals surface area contributed by atoms with Crippen LogP contribution in [0.5, 0.6) is 0 Å². The molecule has 0 aliphatic rings. The second-order valence-electron chi connectivity index (χ2n) is 2.94. The van der Waals surface area contributed by atoms with Gasteiger partial charge in [0.25, 0.3) is 0 Å². The van der Waals surface area contributed by atoms with E-state index in [0.717, 1.165) is 6.21 Å². The van der Waals surface area contributed by atoms with Crippen LogP contribution in [0.1, 0.15) is 25.9 Å². The number of hydrogen-bond donors (Lipinski definition) is 1. The molecular weight excluding hydrogens is 214 g/mol. The summed E-state index contributed by atoms with van der Waals surface area (Å²) in [5, 5.41) is 7.60. The highest BCUT2D eigenvalue weighted by molar-refractivity contribution is 7.20. The zero-order valence-electron chi connectivity index (χ0n) is 7.85. The van der Waals surface area contributed by atoms with E-state index in [9.17, 15) is 9.59 Å². The van der Waals surface area contributed by atoms with Gasteiger partial charge in [-0.25, -0.2) is 4.98 Å². The van der Waals surface area contributed by atoms with Crippen molar-refractivity contribution < 1.29 is 9.59 Å². The van der Waals surface area contributed by atoms with Gasteiger partial charge in [-0.2, -0.15) is 0 Å². The number of hydrogen-bond acceptors (Lipinski definition) is 5. The second kappa shape index (κ2) is 3.39. The maximum absolute atomic E-state index is 10.8. The SMILES string of the molecule is Cn1c(C=O)c(C=N)c2sc(C=O)nc21. The number of aldehydes is 2. The summed E-state index contributed by atoms with van der Waals surface area (Å²) in [4.78, 5) is 25.4. The fourth-order valence-electron chi connectivity index (χ4n) is 1.47. The Bertz CT molecular complexity index is 567. The van der Waals surface area contributed by atoms with Crippen LogP contribution in [0.25, 0.3) is 10.3 Å². The average Bonchev–Trinajstić information content (AvgIpc) is 2.76. The van der Waals surface area contributed by atoms with Crippen LogP contribution in [0.3, 0.4) is 0 Å². The van der Waals surface area contributed by atoms with Crippen LogP contribution < -0.4 is 0 Å². The molecule has 0 bridgehead atoms. The third kappa shape index (κ3) is 1.22. The Morgan fingerprint density at radius 2 is 2.13 bits per heavy atom. The van der Waals surface area contributed by atoms with Gasteiger partial charge < -0.3 is 9.98 Å². The largest absolute Gasteiger partial charge is 0.325 e. The molecule has 0 aliphatic carbocycles. The van der Waals surface area contributed by atoms with Crippen molar-refractivity contribution in [1.29, 1.82) is 5.41 Å². The van der Waals surface area contributed by atoms with Crippen molar-refractivity contribution in [3.8, 4) is 0 Å². The first kappa shape index (κ1) is 9.72. The van der Waals surface area contributed by atoms with Crippen LogP contribution in [-0.2, 0) is 7.05 Å². The monoisotopic (exact) mass is 221 g/mol. The van der Waals surface area contributed by atoms with Gasteiger partial charge in [0, 0.05) is 18.8 Å². The van der Waals surface area contributed by atoms with Crippen LogP contribution in [0.4, 0.5) is 0 Å². The third-order valence-corrected chi connectivity index (χ3v) is 3.19. The Hall–Kier alpha value is -1.82. The molecule has 0 saturated carbocycles. The molecule has 0 fully saturated rings. The maximum atomic E-state index is 10.8. The minimum atomic E-state index is 0.358. The Morgan fingerprint density at radius 3 is 2.67 bits per heavy atom. The fraction of sp³-hybridized carbons (Fsp3) is 0.111. The van der Waals surface area contributed by atoms with Crippen molar-refractivity contribution in [2.24, 2.45) is 7.05 Å². The number of aryl methyl sites for hydroxylation is 1. The molecule has 5 nitrogen and oxygen atoms in total. The van der Waals surface area contributed by atoms with Gasteiger partial charge in [-0.15, -0.1) is 11.3 Å². The highest BCUT2D eigenvalue weighted by Crippen LogP contribution is 2.27. The molecule has 2 rings (SSSR count). The van der Waals surface area contributed by atoms with Crippen molar-refractivity contribution in [2.75, 3.05) is 0 Å². The van der Waals surface area contributed by atoms with E-state index in [4.69, 9.17) is 5.41 Å². The molecule has 2 aromatic rings. The number of thiazole rings is 1. The van der Waals surface area contributed by atoms with Crippen LogP contribution >= 0.6 is 11.3 Å². The summed E-state index contributed by atoms with van der Waals surface area (Å²) >= 11 is 1.19. The molecule has 1 N–H and O–H groups in total. The topological polar surface area (TPSA) is 75.8 Å². The lowest BCUT2D eigenvalue weighted by atomic mass is 10.3. The van der Waals surface area contributed by atoms with Crippen LogP contribution in [0.15, 0.2) is 0 Å². The molecule has 0 unspecified atom stereocenters. The molecule has 0 amide bonds. The van der Waals surface area contributed by atoms with Gasteiger partial charge in [-0.05, 0) is 0 Å². The Balaban J connectivity index is 2.90. The first-order valence-electron chi connectivity index (χ1n) is 4.13. The summed E-state index contributed by atoms with van der Waals surface area (Å²) < 4.78 is 2.29. The lowest BCUT2D eigenvalue weighted by molar-refractivity contribution is 0.111. The summed E-state index contributed by atoms with van der Waals surface area (Å²) in [7, 11) is 1.69. The van der Waals surface area contributed by atoms with Gasteiger partial charge in [0.1, 0.15) is 0 Å². The number of rotatable bonds is 3. The lowest BCUT2D eigenvalue weighted by Crippen LogP contribution is -1.97. The molecule has 0 aromatic carbocycles. The normalized spacial score (nSPS) is 10.5. The van der Waals surface area contributed by atoms with Crippen LogP contribution in [0.2, 0.25) is 0 Å². The van der Waals surface area contributed by atoms with E-state index in [1.54, 1.807) is 11.6 Å². The summed E-state index contributed by atoms with van der Waals surface area (Å²) in [6.07, 6.45) is 2.47. The number of carbonyl (C=O) groups is 2. The zero-order valence-corrected chi connectivity index (χ0v) is 8.67. The highest BCUT2D eigenvalue weighted by Gasteiger charge is 2.17. The van der Waals surface area contributed by atoms with Gasteiger partial charge in [0.05, 0.1) is 10.4 Å². The van der Waals surface area contributed by atoms with E-state index in [1.165, 1.54) is 11.3 Å². The smallest absolute Gasteiger partial charge is 0.178 e. The van der Waals surface area contributed by atoms with E-state index in [0.29, 0.717) is 39.2 Å². The Kier molecular flexibility index (Phi) is 2.20. The minimum Gasteiger partial charge on any atom is -0.325 e. The number of aromatic nitrogens is 2. The van der Waals surface area contributed by atoms with Gasteiger partial charge in [-0.3, -0.25) is 9.59 Å². The fourth-order valence-corrected chi connectivity index (χ4v) is 2.41. The van der Waals surface area contributed by atoms with Gasteiger partial charge >= 0.3 is 0 Å². The molecule has 0 radical (unpaired) electrons. The Labute approximate surface area is 88.9 Å². The van der Waals surface area contributed by atoms with E-state index >= 15 is 0 Å². The van der Waals surface area contributed by atoms with Crippen molar-refractivity contribution in [3.05, 3.63) is 16.3 Å². The molecule has 15 heavy (non-hydrogen) atoms. The molecular formula is C9H7N3O2S. The molecule has 0 aliphatic heterocycles. The maximum Gasteiger partial charge on any atom is 0.178 e. The van der Waals surface area contributed by atoms with Crippen molar-refractivity contribution >= 4 is 40.5 Å². The number of fused-ring (bicyclic) bond motifs is 1. The lowest BCUT2D eigenvalue weighted by Gasteiger charge is -1.94. The number of carbonyl (C=O) groups excluding carboxylic acids is 2. The molecule has 6 heteroatoms. The van der Waals surface area contributed by atoms with Crippen molar-refractivity contribution in [1.82, 2.24) is 9.55 Å². The number of nitrogens with one attached hydrogen (secondary N) is 1. The first-order valence-corrected chi connectivity index (χ1v) is 4.94. The highest BCUT2D eigenvalue weighted by atomic mass is 32.1. The van der Waals surface area contributed by atoms with E-state index in [1.807, 2.05) is 0 Å². The summed E-state index contributed by atoms with van der Waals surface area (Å²) in [5.41, 5.74) is 1.51. The van der Waals surface area contributed by atoms with Gasteiger partial charge in [0.2, 0.25) is 0 Å². The van der Waals surface area contributed by atoms with Gasteiger partial charge in [0.15, 0.2) is 23.2 Å². The molecule has 0 saturated heterocycles. The first-order chi connectivity index (χ1) is 7.22. The summed E-state index contributed by atoms with van der Waals surface area (Å²) in [5.74, 6) is 0. The zero-order chi connectivity index (χ0) is 11.0. The van der Waals surface area contributed by atoms with E-state index in [-0.39, 0.29) is 0 Å². The molecule has 0 spiro atoms. The molecule has 2 aromatic heterocycles. The summed E-state index contributed by atoms with van der Waals surface area (Å²) in [6.45, 7) is 0. The van der Waals surface area contributed by atoms with Gasteiger partial charge in [-0.1, -0.05) is 0 Å². The van der Waals surface area contributed by atoms with Crippen molar-refractivity contribution in [3.63, 3.8) is 0 Å². The second-order valence-corrected chi connectivity index (χ2v) is 3.97. The quantitative estimate of drug-likeness (QED) is 0.626. The van der Waals surface area contributed by atoms with Crippen LogP contribution in [-0.4, -0.2) is 28.3 Å². The predicted molar refractivity (Wildman–Crippen MR) is 57.3 cm³/mol. The molecule has 0 atom stereocenters. The molecule has 76 valence electrons. The number of nitrogens with zero attached hydrogens (tertiary/aromatic N) is 2. The summed E-state index contributed by atoms with van der Waals surface area (Å²) in [6, 6.07) is 0. The van der Waals surface area contributed by atoms with E-state index < -0.39 is 0 Å². The van der Waals surface area contributed by atoms with Crippen molar-refractivity contribution in [2.45, 2.75) is 0 Å². The Morgan fingerprint density at radius 1 is 1.40 bits per heavy atom. The van der Waals surface area contributed by atoms with E-state index in [2.05, 4.69) is 4.98 Å².